The van der Waals surface area contributed by atoms with Crippen molar-refractivity contribution in [3.8, 4) is 22.8 Å². The number of aryl methyl sites for hydroxylation is 2. The fourth-order valence-corrected chi connectivity index (χ4v) is 1.94. The van der Waals surface area contributed by atoms with E-state index in [0.29, 0.717) is 22.8 Å². The van der Waals surface area contributed by atoms with Crippen LogP contribution in [0.3, 0.4) is 0 Å². The molecular formula is C13H17N3O2. The highest BCUT2D eigenvalue weighted by atomic mass is 16.5. The van der Waals surface area contributed by atoms with Crippen molar-refractivity contribution >= 4 is 5.82 Å². The van der Waals surface area contributed by atoms with Crippen molar-refractivity contribution in [3.05, 3.63) is 23.3 Å². The van der Waals surface area contributed by atoms with Crippen LogP contribution in [0.25, 0.3) is 11.3 Å². The highest BCUT2D eigenvalue weighted by molar-refractivity contribution is 5.76. The Labute approximate surface area is 106 Å². The number of benzene rings is 1. The summed E-state index contributed by atoms with van der Waals surface area (Å²) >= 11 is 0. The van der Waals surface area contributed by atoms with Crippen LogP contribution in [0, 0.1) is 13.8 Å². The Balaban J connectivity index is 2.73. The van der Waals surface area contributed by atoms with Gasteiger partial charge in [0, 0.05) is 13.1 Å². The van der Waals surface area contributed by atoms with Crippen LogP contribution in [-0.4, -0.2) is 22.0 Å². The second-order valence-corrected chi connectivity index (χ2v) is 4.32. The van der Waals surface area contributed by atoms with Gasteiger partial charge < -0.3 is 15.6 Å². The number of nitrogens with zero attached hydrogens (tertiary/aromatic N) is 2. The van der Waals surface area contributed by atoms with Gasteiger partial charge in [-0.2, -0.15) is 5.10 Å². The molecular weight excluding hydrogens is 230 g/mol. The van der Waals surface area contributed by atoms with Gasteiger partial charge in [0.15, 0.2) is 11.5 Å². The fourth-order valence-electron chi connectivity index (χ4n) is 1.94. The molecule has 0 aliphatic heterocycles. The van der Waals surface area contributed by atoms with Crippen molar-refractivity contribution in [2.24, 2.45) is 7.05 Å². The number of phenolic OH excluding ortho intramolecular Hbond substituents is 1. The summed E-state index contributed by atoms with van der Waals surface area (Å²) in [5.41, 5.74) is 9.08. The number of hydrogen-bond donors (Lipinski definition) is 2. The maximum Gasteiger partial charge on any atom is 0.167 e. The van der Waals surface area contributed by atoms with E-state index in [1.54, 1.807) is 23.9 Å². The summed E-state index contributed by atoms with van der Waals surface area (Å²) in [5.74, 6) is 1.08. The van der Waals surface area contributed by atoms with Crippen LogP contribution in [0.15, 0.2) is 12.1 Å². The minimum atomic E-state index is 0.0960. The predicted octanol–water partition coefficient (Wildman–Crippen LogP) is 2.00. The lowest BCUT2D eigenvalue weighted by atomic mass is 9.99. The number of hydrogen-bond acceptors (Lipinski definition) is 4. The highest BCUT2D eigenvalue weighted by Gasteiger charge is 2.18. The number of methoxy groups -OCH3 is 1. The van der Waals surface area contributed by atoms with Gasteiger partial charge in [-0.3, -0.25) is 4.68 Å². The first-order chi connectivity index (χ1) is 8.45. The van der Waals surface area contributed by atoms with Crippen LogP contribution >= 0.6 is 0 Å². The molecule has 0 aliphatic carbocycles. The smallest absolute Gasteiger partial charge is 0.167 e. The summed E-state index contributed by atoms with van der Waals surface area (Å²) in [6.45, 7) is 3.90. The summed E-state index contributed by atoms with van der Waals surface area (Å²) in [6.07, 6.45) is 0. The number of anilines is 1. The zero-order valence-electron chi connectivity index (χ0n) is 11.0. The summed E-state index contributed by atoms with van der Waals surface area (Å²) in [5, 5.41) is 14.5. The number of nitrogen functional groups attached to an aromatic ring is 1. The first-order valence-corrected chi connectivity index (χ1v) is 5.62. The van der Waals surface area contributed by atoms with Crippen LogP contribution in [0.2, 0.25) is 0 Å². The zero-order valence-corrected chi connectivity index (χ0v) is 11.0. The van der Waals surface area contributed by atoms with E-state index in [2.05, 4.69) is 5.10 Å². The average molecular weight is 247 g/mol. The molecule has 18 heavy (non-hydrogen) atoms. The predicted molar refractivity (Wildman–Crippen MR) is 70.7 cm³/mol. The molecule has 0 atom stereocenters. The standard InChI is InChI=1S/C13H17N3O2/c1-7-5-10(18-4)13(17)12(8(7)2)9-6-11(14)16(3)15-9/h5-6,17H,14H2,1-4H3. The molecule has 0 aliphatic rings. The topological polar surface area (TPSA) is 73.3 Å². The fraction of sp³-hybridized carbons (Fsp3) is 0.308. The number of phenols is 1. The number of ether oxygens (including phenoxy) is 1. The molecule has 0 spiro atoms. The molecule has 96 valence electrons. The third-order valence-electron chi connectivity index (χ3n) is 3.18. The summed E-state index contributed by atoms with van der Waals surface area (Å²) in [4.78, 5) is 0. The maximum absolute atomic E-state index is 10.2. The lowest BCUT2D eigenvalue weighted by molar-refractivity contribution is 0.374. The minimum absolute atomic E-state index is 0.0960. The molecule has 5 heteroatoms. The third kappa shape index (κ3) is 1.77. The number of aromatic hydroxyl groups is 1. The summed E-state index contributed by atoms with van der Waals surface area (Å²) < 4.78 is 6.74. The van der Waals surface area contributed by atoms with Crippen molar-refractivity contribution in [1.82, 2.24) is 9.78 Å². The molecule has 0 fully saturated rings. The van der Waals surface area contributed by atoms with Crippen molar-refractivity contribution in [2.75, 3.05) is 12.8 Å². The zero-order chi connectivity index (χ0) is 13.4. The first kappa shape index (κ1) is 12.3. The normalized spacial score (nSPS) is 10.7. The van der Waals surface area contributed by atoms with Crippen LogP contribution in [0.4, 0.5) is 5.82 Å². The van der Waals surface area contributed by atoms with Gasteiger partial charge in [-0.15, -0.1) is 0 Å². The number of nitrogens with two attached hydrogens (primary N) is 1. The SMILES string of the molecule is COc1cc(C)c(C)c(-c2cc(N)n(C)n2)c1O. The molecule has 1 heterocycles. The first-order valence-electron chi connectivity index (χ1n) is 5.62. The van der Waals surface area contributed by atoms with Gasteiger partial charge in [-0.1, -0.05) is 0 Å². The van der Waals surface area contributed by atoms with E-state index in [-0.39, 0.29) is 5.75 Å². The largest absolute Gasteiger partial charge is 0.504 e. The Bertz CT molecular complexity index is 583. The highest BCUT2D eigenvalue weighted by Crippen LogP contribution is 2.40. The Morgan fingerprint density at radius 3 is 2.50 bits per heavy atom. The molecule has 0 radical (unpaired) electrons. The summed E-state index contributed by atoms with van der Waals surface area (Å²) in [7, 11) is 3.29. The van der Waals surface area contributed by atoms with E-state index in [9.17, 15) is 5.11 Å². The van der Waals surface area contributed by atoms with Crippen molar-refractivity contribution in [2.45, 2.75) is 13.8 Å². The second-order valence-electron chi connectivity index (χ2n) is 4.32. The Morgan fingerprint density at radius 1 is 1.33 bits per heavy atom. The van der Waals surface area contributed by atoms with Crippen molar-refractivity contribution in [1.29, 1.82) is 0 Å². The van der Waals surface area contributed by atoms with E-state index in [0.717, 1.165) is 11.1 Å². The van der Waals surface area contributed by atoms with Gasteiger partial charge in [0.1, 0.15) is 5.82 Å². The van der Waals surface area contributed by atoms with E-state index >= 15 is 0 Å². The molecule has 0 saturated heterocycles. The molecule has 1 aromatic carbocycles. The van der Waals surface area contributed by atoms with Gasteiger partial charge >= 0.3 is 0 Å². The number of aromatic nitrogens is 2. The number of rotatable bonds is 2. The monoisotopic (exact) mass is 247 g/mol. The van der Waals surface area contributed by atoms with Crippen LogP contribution in [-0.2, 0) is 7.05 Å². The van der Waals surface area contributed by atoms with Crippen molar-refractivity contribution in [3.63, 3.8) is 0 Å². The van der Waals surface area contributed by atoms with E-state index in [1.165, 1.54) is 7.11 Å². The average Bonchev–Trinajstić information content (AvgIpc) is 2.64. The Hall–Kier alpha value is -2.17. The molecule has 0 saturated carbocycles. The van der Waals surface area contributed by atoms with Gasteiger partial charge in [0.25, 0.3) is 0 Å². The van der Waals surface area contributed by atoms with E-state index in [4.69, 9.17) is 10.5 Å². The van der Waals surface area contributed by atoms with Crippen molar-refractivity contribution < 1.29 is 9.84 Å². The molecule has 1 aromatic heterocycles. The third-order valence-corrected chi connectivity index (χ3v) is 3.18. The van der Waals surface area contributed by atoms with Gasteiger partial charge in [-0.05, 0) is 31.0 Å². The Morgan fingerprint density at radius 2 is 2.00 bits per heavy atom. The molecule has 0 amide bonds. The van der Waals surface area contributed by atoms with E-state index < -0.39 is 0 Å². The van der Waals surface area contributed by atoms with E-state index in [1.807, 2.05) is 13.8 Å². The van der Waals surface area contributed by atoms with Gasteiger partial charge in [-0.25, -0.2) is 0 Å². The van der Waals surface area contributed by atoms with Gasteiger partial charge in [0.05, 0.1) is 18.4 Å². The molecule has 5 nitrogen and oxygen atoms in total. The lowest BCUT2D eigenvalue weighted by Crippen LogP contribution is -1.97. The molecule has 2 rings (SSSR count). The minimum Gasteiger partial charge on any atom is -0.504 e. The lowest BCUT2D eigenvalue weighted by Gasteiger charge is -2.13. The van der Waals surface area contributed by atoms with Crippen LogP contribution in [0.1, 0.15) is 11.1 Å². The molecule has 0 unspecified atom stereocenters. The maximum atomic E-state index is 10.2. The van der Waals surface area contributed by atoms with Crippen LogP contribution < -0.4 is 10.5 Å². The molecule has 3 N–H and O–H groups in total. The second kappa shape index (κ2) is 4.25. The molecule has 0 bridgehead atoms. The van der Waals surface area contributed by atoms with Gasteiger partial charge in [0.2, 0.25) is 0 Å². The van der Waals surface area contributed by atoms with Crippen LogP contribution in [0.5, 0.6) is 11.5 Å². The molecule has 2 aromatic rings. The Kier molecular flexibility index (Phi) is 2.90. The quantitative estimate of drug-likeness (QED) is 0.851. The summed E-state index contributed by atoms with van der Waals surface area (Å²) in [6, 6.07) is 3.54.